The van der Waals surface area contributed by atoms with Gasteiger partial charge in [-0.25, -0.2) is 4.98 Å². The van der Waals surface area contributed by atoms with E-state index in [0.29, 0.717) is 10.9 Å². The lowest BCUT2D eigenvalue weighted by molar-refractivity contribution is -0.126. The number of rotatable bonds is 7. The lowest BCUT2D eigenvalue weighted by atomic mass is 9.95. The quantitative estimate of drug-likeness (QED) is 0.574. The molecule has 0 spiro atoms. The van der Waals surface area contributed by atoms with Crippen LogP contribution < -0.4 is 5.32 Å². The number of likely N-dealkylation sites (tertiary alicyclic amines) is 1. The summed E-state index contributed by atoms with van der Waals surface area (Å²) in [5.74, 6) is 1.83. The second kappa shape index (κ2) is 10.5. The van der Waals surface area contributed by atoms with E-state index in [1.54, 1.807) is 0 Å². The van der Waals surface area contributed by atoms with Crippen LogP contribution in [0.5, 0.6) is 0 Å². The van der Waals surface area contributed by atoms with Crippen molar-refractivity contribution in [2.45, 2.75) is 58.4 Å². The van der Waals surface area contributed by atoms with Crippen molar-refractivity contribution in [1.82, 2.24) is 15.2 Å². The standard InChI is InChI=1S/C25H32ClN3O2/c1-18-23(28-25(31-18)21-7-9-22(26)10-8-21)17-29-15-12-20(13-16-29)24(30)27-14-11-19-5-3-2-4-6-19/h5,7-10,20H,2-4,6,11-17H2,1H3,(H,27,30). The molecule has 0 radical (unpaired) electrons. The Balaban J connectivity index is 1.23. The van der Waals surface area contributed by atoms with Crippen LogP contribution in [0.15, 0.2) is 40.3 Å². The Morgan fingerprint density at radius 3 is 2.71 bits per heavy atom. The van der Waals surface area contributed by atoms with Crippen LogP contribution >= 0.6 is 11.6 Å². The number of allylic oxidation sites excluding steroid dienone is 1. The number of halogens is 1. The number of hydrogen-bond donors (Lipinski definition) is 1. The van der Waals surface area contributed by atoms with Crippen molar-refractivity contribution >= 4 is 17.5 Å². The van der Waals surface area contributed by atoms with Gasteiger partial charge in [-0.15, -0.1) is 0 Å². The summed E-state index contributed by atoms with van der Waals surface area (Å²) < 4.78 is 5.89. The zero-order chi connectivity index (χ0) is 21.6. The maximum absolute atomic E-state index is 12.6. The normalized spacial score (nSPS) is 18.1. The van der Waals surface area contributed by atoms with E-state index in [2.05, 4.69) is 16.3 Å². The van der Waals surface area contributed by atoms with E-state index in [-0.39, 0.29) is 11.8 Å². The Hall–Kier alpha value is -2.11. The summed E-state index contributed by atoms with van der Waals surface area (Å²) in [6.45, 7) is 5.31. The Morgan fingerprint density at radius 1 is 1.23 bits per heavy atom. The highest BCUT2D eigenvalue weighted by Gasteiger charge is 2.26. The highest BCUT2D eigenvalue weighted by molar-refractivity contribution is 6.30. The Kier molecular flexibility index (Phi) is 7.46. The molecule has 2 aliphatic rings. The van der Waals surface area contributed by atoms with Crippen LogP contribution in [0.3, 0.4) is 0 Å². The molecule has 0 unspecified atom stereocenters. The summed E-state index contributed by atoms with van der Waals surface area (Å²) >= 11 is 5.97. The first-order chi connectivity index (χ1) is 15.1. The van der Waals surface area contributed by atoms with Gasteiger partial charge < -0.3 is 9.73 Å². The van der Waals surface area contributed by atoms with Crippen molar-refractivity contribution < 1.29 is 9.21 Å². The summed E-state index contributed by atoms with van der Waals surface area (Å²) in [7, 11) is 0. The highest BCUT2D eigenvalue weighted by atomic mass is 35.5. The number of nitrogens with one attached hydrogen (secondary N) is 1. The number of benzene rings is 1. The molecular weight excluding hydrogens is 410 g/mol. The van der Waals surface area contributed by atoms with Crippen molar-refractivity contribution in [1.29, 1.82) is 0 Å². The number of oxazole rings is 1. The van der Waals surface area contributed by atoms with Gasteiger partial charge >= 0.3 is 0 Å². The number of carbonyl (C=O) groups excluding carboxylic acids is 1. The number of carbonyl (C=O) groups is 1. The molecule has 1 aliphatic carbocycles. The van der Waals surface area contributed by atoms with Gasteiger partial charge in [0.1, 0.15) is 5.76 Å². The van der Waals surface area contributed by atoms with E-state index >= 15 is 0 Å². The Labute approximate surface area is 189 Å². The minimum Gasteiger partial charge on any atom is -0.441 e. The maximum Gasteiger partial charge on any atom is 0.226 e. The molecule has 2 aromatic rings. The van der Waals surface area contributed by atoms with E-state index in [0.717, 1.165) is 62.5 Å². The van der Waals surface area contributed by atoms with Crippen LogP contribution in [-0.2, 0) is 11.3 Å². The first-order valence-corrected chi connectivity index (χ1v) is 11.9. The molecule has 1 saturated heterocycles. The van der Waals surface area contributed by atoms with Crippen LogP contribution in [0.2, 0.25) is 5.02 Å². The second-order valence-corrected chi connectivity index (χ2v) is 9.16. The van der Waals surface area contributed by atoms with Gasteiger partial charge in [0.05, 0.1) is 5.69 Å². The van der Waals surface area contributed by atoms with E-state index in [1.165, 1.54) is 31.3 Å². The predicted octanol–water partition coefficient (Wildman–Crippen LogP) is 5.52. The predicted molar refractivity (Wildman–Crippen MR) is 124 cm³/mol. The van der Waals surface area contributed by atoms with Crippen LogP contribution in [0.1, 0.15) is 56.4 Å². The zero-order valence-electron chi connectivity index (χ0n) is 18.3. The van der Waals surface area contributed by atoms with E-state index in [1.807, 2.05) is 31.2 Å². The third-order valence-corrected chi connectivity index (χ3v) is 6.70. The fourth-order valence-electron chi connectivity index (χ4n) is 4.48. The largest absolute Gasteiger partial charge is 0.441 e. The molecule has 31 heavy (non-hydrogen) atoms. The van der Waals surface area contributed by atoms with Crippen molar-refractivity contribution in [3.63, 3.8) is 0 Å². The SMILES string of the molecule is Cc1oc(-c2ccc(Cl)cc2)nc1CN1CCC(C(=O)NCCC2=CCCCC2)CC1. The molecule has 0 atom stereocenters. The van der Waals surface area contributed by atoms with Crippen LogP contribution in [0, 0.1) is 12.8 Å². The number of aromatic nitrogens is 1. The molecule has 5 nitrogen and oxygen atoms in total. The molecule has 166 valence electrons. The van der Waals surface area contributed by atoms with Gasteiger partial charge in [0.15, 0.2) is 0 Å². The number of nitrogens with zero attached hydrogens (tertiary/aromatic N) is 2. The topological polar surface area (TPSA) is 58.4 Å². The Morgan fingerprint density at radius 2 is 2.00 bits per heavy atom. The average molecular weight is 442 g/mol. The number of piperidine rings is 1. The minimum absolute atomic E-state index is 0.125. The molecule has 1 aromatic heterocycles. The van der Waals surface area contributed by atoms with Crippen LogP contribution in [-0.4, -0.2) is 35.4 Å². The zero-order valence-corrected chi connectivity index (χ0v) is 19.1. The van der Waals surface area contributed by atoms with Gasteiger partial charge in [-0.1, -0.05) is 23.3 Å². The van der Waals surface area contributed by atoms with Gasteiger partial charge in [0.2, 0.25) is 11.8 Å². The Bertz CT molecular complexity index is 911. The van der Waals surface area contributed by atoms with Crippen molar-refractivity contribution in [3.8, 4) is 11.5 Å². The third kappa shape index (κ3) is 5.98. The first kappa shape index (κ1) is 22.1. The second-order valence-electron chi connectivity index (χ2n) is 8.73. The summed E-state index contributed by atoms with van der Waals surface area (Å²) in [6.07, 6.45) is 10.2. The first-order valence-electron chi connectivity index (χ1n) is 11.5. The molecule has 0 bridgehead atoms. The van der Waals surface area contributed by atoms with Crippen LogP contribution in [0.4, 0.5) is 0 Å². The van der Waals surface area contributed by atoms with Gasteiger partial charge in [0.25, 0.3) is 0 Å². The number of amides is 1. The van der Waals surface area contributed by atoms with Gasteiger partial charge in [-0.05, 0) is 89.2 Å². The monoisotopic (exact) mass is 441 g/mol. The third-order valence-electron chi connectivity index (χ3n) is 6.45. The van der Waals surface area contributed by atoms with E-state index < -0.39 is 0 Å². The molecule has 1 aromatic carbocycles. The van der Waals surface area contributed by atoms with Gasteiger partial charge in [0, 0.05) is 29.6 Å². The number of aryl methyl sites for hydroxylation is 1. The summed E-state index contributed by atoms with van der Waals surface area (Å²) in [4.78, 5) is 19.6. The fourth-order valence-corrected chi connectivity index (χ4v) is 4.60. The summed E-state index contributed by atoms with van der Waals surface area (Å²) in [5, 5.41) is 3.86. The van der Waals surface area contributed by atoms with Gasteiger partial charge in [-0.2, -0.15) is 0 Å². The van der Waals surface area contributed by atoms with E-state index in [4.69, 9.17) is 21.0 Å². The molecule has 1 amide bonds. The molecule has 6 heteroatoms. The lowest BCUT2D eigenvalue weighted by Crippen LogP contribution is -2.40. The highest BCUT2D eigenvalue weighted by Crippen LogP contribution is 2.26. The molecular formula is C25H32ClN3O2. The molecule has 1 N–H and O–H groups in total. The van der Waals surface area contributed by atoms with Crippen molar-refractivity contribution in [2.24, 2.45) is 5.92 Å². The fraction of sp³-hybridized carbons (Fsp3) is 0.520. The maximum atomic E-state index is 12.6. The minimum atomic E-state index is 0.125. The summed E-state index contributed by atoms with van der Waals surface area (Å²) in [5.41, 5.74) is 3.41. The summed E-state index contributed by atoms with van der Waals surface area (Å²) in [6, 6.07) is 7.54. The lowest BCUT2D eigenvalue weighted by Gasteiger charge is -2.30. The smallest absolute Gasteiger partial charge is 0.226 e. The van der Waals surface area contributed by atoms with Gasteiger partial charge in [-0.3, -0.25) is 9.69 Å². The number of hydrogen-bond acceptors (Lipinski definition) is 4. The molecule has 2 heterocycles. The molecule has 1 aliphatic heterocycles. The molecule has 4 rings (SSSR count). The average Bonchev–Trinajstić information content (AvgIpc) is 3.15. The molecule has 1 fully saturated rings. The van der Waals surface area contributed by atoms with Crippen molar-refractivity contribution in [3.05, 3.63) is 52.4 Å². The van der Waals surface area contributed by atoms with Crippen molar-refractivity contribution in [2.75, 3.05) is 19.6 Å². The van der Waals surface area contributed by atoms with Crippen LogP contribution in [0.25, 0.3) is 11.5 Å². The van der Waals surface area contributed by atoms with E-state index in [9.17, 15) is 4.79 Å². The molecule has 0 saturated carbocycles.